The zero-order valence-corrected chi connectivity index (χ0v) is 9.65. The van der Waals surface area contributed by atoms with Crippen molar-refractivity contribution in [3.8, 4) is 10.6 Å². The highest BCUT2D eigenvalue weighted by Crippen LogP contribution is 2.27. The second-order valence-electron chi connectivity index (χ2n) is 3.52. The molecule has 0 saturated carbocycles. The lowest BCUT2D eigenvalue weighted by atomic mass is 10.2. The Labute approximate surface area is 96.8 Å². The summed E-state index contributed by atoms with van der Waals surface area (Å²) in [6.45, 7) is 2.07. The largest absolute Gasteiger partial charge is 0.241 e. The first-order valence-corrected chi connectivity index (χ1v) is 5.98. The number of nitrogens with zero attached hydrogens (tertiary/aromatic N) is 1. The normalized spacial score (nSPS) is 10.7. The Balaban J connectivity index is 2.35. The molecule has 1 nitrogen and oxygen atoms in total. The van der Waals surface area contributed by atoms with Crippen molar-refractivity contribution in [3.05, 3.63) is 40.9 Å². The quantitative estimate of drug-likeness (QED) is 0.787. The predicted octanol–water partition coefficient (Wildman–Crippen LogP) is 4.04. The van der Waals surface area contributed by atoms with E-state index in [1.165, 1.54) is 23.5 Å². The van der Waals surface area contributed by atoms with Gasteiger partial charge in [-0.15, -0.1) is 11.3 Å². The first kappa shape index (κ1) is 11.2. The van der Waals surface area contributed by atoms with Gasteiger partial charge in [-0.2, -0.15) is 0 Å². The molecule has 0 saturated heterocycles. The zero-order chi connectivity index (χ0) is 11.5. The van der Waals surface area contributed by atoms with Gasteiger partial charge in [-0.3, -0.25) is 0 Å². The summed E-state index contributed by atoms with van der Waals surface area (Å²) < 4.78 is 26.2. The highest BCUT2D eigenvalue weighted by molar-refractivity contribution is 7.13. The number of hydrogen-bond acceptors (Lipinski definition) is 2. The van der Waals surface area contributed by atoms with Gasteiger partial charge in [-0.1, -0.05) is 13.3 Å². The summed E-state index contributed by atoms with van der Waals surface area (Å²) in [4.78, 5) is 4.32. The molecule has 0 aliphatic heterocycles. The summed E-state index contributed by atoms with van der Waals surface area (Å²) in [6.07, 6.45) is 1.90. The van der Waals surface area contributed by atoms with Gasteiger partial charge in [0.15, 0.2) is 0 Å². The van der Waals surface area contributed by atoms with Crippen molar-refractivity contribution in [2.45, 2.75) is 19.8 Å². The SMILES string of the molecule is CCCc1csc(-c2ccc(F)cc2F)n1. The molecule has 1 aromatic heterocycles. The van der Waals surface area contributed by atoms with Crippen molar-refractivity contribution in [2.75, 3.05) is 0 Å². The van der Waals surface area contributed by atoms with Gasteiger partial charge in [0.2, 0.25) is 0 Å². The van der Waals surface area contributed by atoms with Crippen LogP contribution in [0.25, 0.3) is 10.6 Å². The van der Waals surface area contributed by atoms with Crippen LogP contribution in [0.15, 0.2) is 23.6 Å². The minimum atomic E-state index is -0.563. The lowest BCUT2D eigenvalue weighted by Gasteiger charge is -1.98. The third kappa shape index (κ3) is 2.27. The second-order valence-corrected chi connectivity index (χ2v) is 4.38. The molecular formula is C12H11F2NS. The number of thiazole rings is 1. The van der Waals surface area contributed by atoms with Crippen LogP contribution in [0.1, 0.15) is 19.0 Å². The average molecular weight is 239 g/mol. The summed E-state index contributed by atoms with van der Waals surface area (Å²) in [5, 5.41) is 2.53. The minimum absolute atomic E-state index is 0.369. The fourth-order valence-electron chi connectivity index (χ4n) is 1.46. The number of aryl methyl sites for hydroxylation is 1. The van der Waals surface area contributed by atoms with E-state index < -0.39 is 11.6 Å². The third-order valence-corrected chi connectivity index (χ3v) is 3.14. The minimum Gasteiger partial charge on any atom is -0.241 e. The standard InChI is InChI=1S/C12H11F2NS/c1-2-3-9-7-16-12(15-9)10-5-4-8(13)6-11(10)14/h4-7H,2-3H2,1H3. The summed E-state index contributed by atoms with van der Waals surface area (Å²) >= 11 is 1.39. The Morgan fingerprint density at radius 3 is 2.81 bits per heavy atom. The molecule has 16 heavy (non-hydrogen) atoms. The zero-order valence-electron chi connectivity index (χ0n) is 8.84. The second kappa shape index (κ2) is 4.70. The van der Waals surface area contributed by atoms with E-state index in [0.717, 1.165) is 24.6 Å². The van der Waals surface area contributed by atoms with Crippen LogP contribution in [0.2, 0.25) is 0 Å². The Kier molecular flexibility index (Phi) is 3.29. The van der Waals surface area contributed by atoms with Gasteiger partial charge in [0, 0.05) is 17.0 Å². The molecule has 1 heterocycles. The Morgan fingerprint density at radius 1 is 1.31 bits per heavy atom. The topological polar surface area (TPSA) is 12.9 Å². The van der Waals surface area contributed by atoms with Gasteiger partial charge >= 0.3 is 0 Å². The third-order valence-electron chi connectivity index (χ3n) is 2.22. The van der Waals surface area contributed by atoms with Crippen molar-refractivity contribution < 1.29 is 8.78 Å². The summed E-state index contributed by atoms with van der Waals surface area (Å²) in [5.74, 6) is -1.12. The number of rotatable bonds is 3. The lowest BCUT2D eigenvalue weighted by Crippen LogP contribution is -1.87. The van der Waals surface area contributed by atoms with Crippen molar-refractivity contribution in [3.63, 3.8) is 0 Å². The van der Waals surface area contributed by atoms with Crippen LogP contribution in [0.3, 0.4) is 0 Å². The monoisotopic (exact) mass is 239 g/mol. The highest BCUT2D eigenvalue weighted by atomic mass is 32.1. The highest BCUT2D eigenvalue weighted by Gasteiger charge is 2.10. The molecule has 2 aromatic rings. The van der Waals surface area contributed by atoms with E-state index in [2.05, 4.69) is 11.9 Å². The molecule has 2 rings (SSSR count). The molecule has 0 amide bonds. The maximum absolute atomic E-state index is 13.5. The van der Waals surface area contributed by atoms with E-state index in [1.54, 1.807) is 0 Å². The molecule has 84 valence electrons. The van der Waals surface area contributed by atoms with E-state index >= 15 is 0 Å². The summed E-state index contributed by atoms with van der Waals surface area (Å²) in [5.41, 5.74) is 1.33. The smallest absolute Gasteiger partial charge is 0.136 e. The number of benzene rings is 1. The van der Waals surface area contributed by atoms with Crippen LogP contribution in [-0.2, 0) is 6.42 Å². The van der Waals surface area contributed by atoms with Crippen LogP contribution in [-0.4, -0.2) is 4.98 Å². The number of halogens is 2. The van der Waals surface area contributed by atoms with Gasteiger partial charge in [-0.05, 0) is 18.6 Å². The van der Waals surface area contributed by atoms with E-state index in [9.17, 15) is 8.78 Å². The average Bonchev–Trinajstić information content (AvgIpc) is 2.67. The summed E-state index contributed by atoms with van der Waals surface area (Å²) in [6, 6.07) is 3.56. The first-order chi connectivity index (χ1) is 7.70. The van der Waals surface area contributed by atoms with Crippen molar-refractivity contribution in [1.29, 1.82) is 0 Å². The van der Waals surface area contributed by atoms with Crippen molar-refractivity contribution >= 4 is 11.3 Å². The fraction of sp³-hybridized carbons (Fsp3) is 0.250. The maximum Gasteiger partial charge on any atom is 0.136 e. The van der Waals surface area contributed by atoms with E-state index in [0.29, 0.717) is 10.6 Å². The molecular weight excluding hydrogens is 228 g/mol. The Bertz CT molecular complexity index is 494. The molecule has 0 radical (unpaired) electrons. The summed E-state index contributed by atoms with van der Waals surface area (Å²) in [7, 11) is 0. The molecule has 0 bridgehead atoms. The molecule has 4 heteroatoms. The Morgan fingerprint density at radius 2 is 2.12 bits per heavy atom. The van der Waals surface area contributed by atoms with E-state index in [1.807, 2.05) is 5.38 Å². The van der Waals surface area contributed by atoms with Crippen molar-refractivity contribution in [1.82, 2.24) is 4.98 Å². The molecule has 0 unspecified atom stereocenters. The molecule has 0 aliphatic carbocycles. The fourth-order valence-corrected chi connectivity index (χ4v) is 2.35. The molecule has 0 spiro atoms. The molecule has 0 atom stereocenters. The molecule has 0 N–H and O–H groups in total. The van der Waals surface area contributed by atoms with Crippen LogP contribution >= 0.6 is 11.3 Å². The van der Waals surface area contributed by atoms with Crippen molar-refractivity contribution in [2.24, 2.45) is 0 Å². The van der Waals surface area contributed by atoms with Gasteiger partial charge < -0.3 is 0 Å². The van der Waals surface area contributed by atoms with Gasteiger partial charge in [0.05, 0.1) is 5.69 Å². The molecule has 1 aromatic carbocycles. The van der Waals surface area contributed by atoms with Crippen LogP contribution in [0.4, 0.5) is 8.78 Å². The van der Waals surface area contributed by atoms with Crippen LogP contribution in [0, 0.1) is 11.6 Å². The van der Waals surface area contributed by atoms with Crippen LogP contribution in [0.5, 0.6) is 0 Å². The molecule has 0 fully saturated rings. The number of hydrogen-bond donors (Lipinski definition) is 0. The predicted molar refractivity (Wildman–Crippen MR) is 61.5 cm³/mol. The first-order valence-electron chi connectivity index (χ1n) is 5.10. The number of aromatic nitrogens is 1. The van der Waals surface area contributed by atoms with E-state index in [4.69, 9.17) is 0 Å². The maximum atomic E-state index is 13.5. The molecule has 0 aliphatic rings. The Hall–Kier alpha value is -1.29. The van der Waals surface area contributed by atoms with Crippen LogP contribution < -0.4 is 0 Å². The van der Waals surface area contributed by atoms with Gasteiger partial charge in [0.1, 0.15) is 16.6 Å². The van der Waals surface area contributed by atoms with Gasteiger partial charge in [-0.25, -0.2) is 13.8 Å². The van der Waals surface area contributed by atoms with E-state index in [-0.39, 0.29) is 0 Å². The lowest BCUT2D eigenvalue weighted by molar-refractivity contribution is 0.585. The van der Waals surface area contributed by atoms with Gasteiger partial charge in [0.25, 0.3) is 0 Å².